The van der Waals surface area contributed by atoms with Crippen molar-refractivity contribution in [3.8, 4) is 0 Å². The second-order valence-electron chi connectivity index (χ2n) is 2.60. The van der Waals surface area contributed by atoms with Gasteiger partial charge in [0.2, 0.25) is 0 Å². The quantitative estimate of drug-likeness (QED) is 0.820. The standard InChI is InChI=1S/C8H8BrF2NO/c1-4-2-5(3-13)6(8(10)11)12-7(4)9/h2,8,13H,3H2,1H3. The first-order valence-electron chi connectivity index (χ1n) is 3.61. The lowest BCUT2D eigenvalue weighted by Gasteiger charge is -2.07. The summed E-state index contributed by atoms with van der Waals surface area (Å²) in [4.78, 5) is 3.65. The van der Waals surface area contributed by atoms with Crippen molar-refractivity contribution in [2.45, 2.75) is 20.0 Å². The Morgan fingerprint density at radius 2 is 2.23 bits per heavy atom. The molecule has 0 saturated carbocycles. The van der Waals surface area contributed by atoms with Crippen LogP contribution >= 0.6 is 15.9 Å². The molecule has 0 amide bonds. The number of aromatic nitrogens is 1. The summed E-state index contributed by atoms with van der Waals surface area (Å²) in [5.41, 5.74) is 0.545. The Labute approximate surface area is 82.7 Å². The highest BCUT2D eigenvalue weighted by molar-refractivity contribution is 9.10. The van der Waals surface area contributed by atoms with E-state index in [0.29, 0.717) is 4.60 Å². The molecule has 1 aromatic heterocycles. The van der Waals surface area contributed by atoms with Crippen LogP contribution in [0.1, 0.15) is 23.2 Å². The Hall–Kier alpha value is -0.550. The van der Waals surface area contributed by atoms with Crippen molar-refractivity contribution in [3.05, 3.63) is 27.5 Å². The Morgan fingerprint density at radius 3 is 2.69 bits per heavy atom. The number of nitrogens with zero attached hydrogens (tertiary/aromatic N) is 1. The van der Waals surface area contributed by atoms with Gasteiger partial charge in [0.05, 0.1) is 6.61 Å². The van der Waals surface area contributed by atoms with Crippen molar-refractivity contribution < 1.29 is 13.9 Å². The second-order valence-corrected chi connectivity index (χ2v) is 3.35. The van der Waals surface area contributed by atoms with Crippen molar-refractivity contribution in [2.24, 2.45) is 0 Å². The third-order valence-corrected chi connectivity index (χ3v) is 2.44. The minimum atomic E-state index is -2.65. The predicted molar refractivity (Wildman–Crippen MR) is 47.6 cm³/mol. The molecular formula is C8H8BrF2NO. The number of aliphatic hydroxyl groups is 1. The van der Waals surface area contributed by atoms with Gasteiger partial charge >= 0.3 is 0 Å². The maximum Gasteiger partial charge on any atom is 0.280 e. The van der Waals surface area contributed by atoms with Gasteiger partial charge in [-0.3, -0.25) is 0 Å². The van der Waals surface area contributed by atoms with E-state index in [1.165, 1.54) is 6.07 Å². The molecule has 1 N–H and O–H groups in total. The lowest BCUT2D eigenvalue weighted by molar-refractivity contribution is 0.141. The Morgan fingerprint density at radius 1 is 1.62 bits per heavy atom. The summed E-state index contributed by atoms with van der Waals surface area (Å²) in [7, 11) is 0. The molecule has 0 aromatic carbocycles. The number of hydrogen-bond donors (Lipinski definition) is 1. The highest BCUT2D eigenvalue weighted by Crippen LogP contribution is 2.25. The molecule has 0 fully saturated rings. The average molecular weight is 252 g/mol. The summed E-state index contributed by atoms with van der Waals surface area (Å²) in [6.45, 7) is 1.31. The summed E-state index contributed by atoms with van der Waals surface area (Å²) in [5, 5.41) is 8.79. The minimum Gasteiger partial charge on any atom is -0.392 e. The molecule has 0 bridgehead atoms. The number of pyridine rings is 1. The van der Waals surface area contributed by atoms with Crippen molar-refractivity contribution >= 4 is 15.9 Å². The molecule has 2 nitrogen and oxygen atoms in total. The van der Waals surface area contributed by atoms with E-state index in [1.54, 1.807) is 6.92 Å². The van der Waals surface area contributed by atoms with Crippen LogP contribution in [0.25, 0.3) is 0 Å². The van der Waals surface area contributed by atoms with Crippen LogP contribution in [0, 0.1) is 6.92 Å². The molecule has 0 aliphatic rings. The summed E-state index contributed by atoms with van der Waals surface area (Å²) < 4.78 is 25.1. The lowest BCUT2D eigenvalue weighted by atomic mass is 10.1. The fourth-order valence-corrected chi connectivity index (χ4v) is 1.28. The average Bonchev–Trinajstić information content (AvgIpc) is 2.08. The smallest absolute Gasteiger partial charge is 0.280 e. The van der Waals surface area contributed by atoms with E-state index in [0.717, 1.165) is 5.56 Å². The lowest BCUT2D eigenvalue weighted by Crippen LogP contribution is -2.00. The molecule has 0 atom stereocenters. The molecule has 0 saturated heterocycles. The number of aryl methyl sites for hydroxylation is 1. The number of aliphatic hydroxyl groups excluding tert-OH is 1. The van der Waals surface area contributed by atoms with Gasteiger partial charge in [-0.05, 0) is 34.5 Å². The molecule has 0 radical (unpaired) electrons. The van der Waals surface area contributed by atoms with Gasteiger partial charge in [-0.1, -0.05) is 0 Å². The van der Waals surface area contributed by atoms with E-state index < -0.39 is 13.0 Å². The third kappa shape index (κ3) is 2.22. The Kier molecular flexibility index (Phi) is 3.33. The molecule has 13 heavy (non-hydrogen) atoms. The largest absolute Gasteiger partial charge is 0.392 e. The van der Waals surface area contributed by atoms with Gasteiger partial charge in [-0.15, -0.1) is 0 Å². The first-order valence-corrected chi connectivity index (χ1v) is 4.40. The summed E-state index contributed by atoms with van der Waals surface area (Å²) >= 11 is 3.05. The first kappa shape index (κ1) is 10.5. The predicted octanol–water partition coefficient (Wildman–Crippen LogP) is 2.58. The van der Waals surface area contributed by atoms with E-state index in [1.807, 2.05) is 0 Å². The van der Waals surface area contributed by atoms with E-state index in [4.69, 9.17) is 5.11 Å². The molecule has 1 heterocycles. The van der Waals surface area contributed by atoms with Crippen LogP contribution in [0.2, 0.25) is 0 Å². The molecule has 1 rings (SSSR count). The van der Waals surface area contributed by atoms with Crippen LogP contribution in [-0.4, -0.2) is 10.1 Å². The van der Waals surface area contributed by atoms with Gasteiger partial charge < -0.3 is 5.11 Å². The maximum atomic E-state index is 12.3. The molecule has 0 aliphatic carbocycles. The second kappa shape index (κ2) is 4.11. The van der Waals surface area contributed by atoms with E-state index in [2.05, 4.69) is 20.9 Å². The van der Waals surface area contributed by atoms with Crippen molar-refractivity contribution in [2.75, 3.05) is 0 Å². The Balaban J connectivity index is 3.25. The molecule has 5 heteroatoms. The van der Waals surface area contributed by atoms with Crippen LogP contribution < -0.4 is 0 Å². The van der Waals surface area contributed by atoms with E-state index >= 15 is 0 Å². The summed E-state index contributed by atoms with van der Waals surface area (Å²) in [6.07, 6.45) is -2.65. The number of alkyl halides is 2. The zero-order chi connectivity index (χ0) is 10.0. The van der Waals surface area contributed by atoms with Crippen LogP contribution in [0.4, 0.5) is 8.78 Å². The SMILES string of the molecule is Cc1cc(CO)c(C(F)F)nc1Br. The van der Waals surface area contributed by atoms with E-state index in [9.17, 15) is 8.78 Å². The van der Waals surface area contributed by atoms with Crippen LogP contribution in [0.3, 0.4) is 0 Å². The number of halogens is 3. The summed E-state index contributed by atoms with van der Waals surface area (Å²) in [5.74, 6) is 0. The first-order chi connectivity index (χ1) is 6.06. The van der Waals surface area contributed by atoms with Gasteiger partial charge in [-0.25, -0.2) is 13.8 Å². The van der Waals surface area contributed by atoms with Crippen molar-refractivity contribution in [3.63, 3.8) is 0 Å². The molecule has 0 aliphatic heterocycles. The van der Waals surface area contributed by atoms with Crippen molar-refractivity contribution in [1.82, 2.24) is 4.98 Å². The molecule has 0 unspecified atom stereocenters. The highest BCUT2D eigenvalue weighted by atomic mass is 79.9. The van der Waals surface area contributed by atoms with Gasteiger partial charge in [0.15, 0.2) is 0 Å². The molecule has 1 aromatic rings. The monoisotopic (exact) mass is 251 g/mol. The van der Waals surface area contributed by atoms with Gasteiger partial charge in [0.1, 0.15) is 10.3 Å². The minimum absolute atomic E-state index is 0.177. The normalized spacial score (nSPS) is 10.9. The molecule has 72 valence electrons. The topological polar surface area (TPSA) is 33.1 Å². The highest BCUT2D eigenvalue weighted by Gasteiger charge is 2.15. The maximum absolute atomic E-state index is 12.3. The van der Waals surface area contributed by atoms with Gasteiger partial charge in [0.25, 0.3) is 6.43 Å². The van der Waals surface area contributed by atoms with Gasteiger partial charge in [0, 0.05) is 5.56 Å². The molecule has 0 spiro atoms. The summed E-state index contributed by atoms with van der Waals surface area (Å²) in [6, 6.07) is 1.50. The third-order valence-electron chi connectivity index (χ3n) is 1.64. The number of hydrogen-bond acceptors (Lipinski definition) is 2. The van der Waals surface area contributed by atoms with Crippen LogP contribution in [0.5, 0.6) is 0 Å². The fraction of sp³-hybridized carbons (Fsp3) is 0.375. The van der Waals surface area contributed by atoms with Gasteiger partial charge in [-0.2, -0.15) is 0 Å². The zero-order valence-corrected chi connectivity index (χ0v) is 8.48. The van der Waals surface area contributed by atoms with Crippen LogP contribution in [-0.2, 0) is 6.61 Å². The Bertz CT molecular complexity index is 317. The molecular weight excluding hydrogens is 244 g/mol. The zero-order valence-electron chi connectivity index (χ0n) is 6.89. The van der Waals surface area contributed by atoms with E-state index in [-0.39, 0.29) is 11.3 Å². The number of rotatable bonds is 2. The fourth-order valence-electron chi connectivity index (χ4n) is 0.976. The van der Waals surface area contributed by atoms with Crippen molar-refractivity contribution in [1.29, 1.82) is 0 Å². The van der Waals surface area contributed by atoms with Crippen LogP contribution in [0.15, 0.2) is 10.7 Å².